The topological polar surface area (TPSA) is 98.8 Å². The lowest BCUT2D eigenvalue weighted by Crippen LogP contribution is -2.09. The van der Waals surface area contributed by atoms with Crippen molar-refractivity contribution in [2.45, 2.75) is 0 Å². The zero-order valence-corrected chi connectivity index (χ0v) is 15.3. The van der Waals surface area contributed by atoms with Crippen molar-refractivity contribution < 1.29 is 42.7 Å². The van der Waals surface area contributed by atoms with Crippen LogP contribution in [-0.2, 0) is 9.47 Å². The van der Waals surface area contributed by atoms with Crippen LogP contribution in [0.3, 0.4) is 0 Å². The van der Waals surface area contributed by atoms with Crippen LogP contribution >= 0.6 is 0 Å². The molecule has 0 amide bonds. The number of hydrogen-bond acceptors (Lipinski definition) is 9. The van der Waals surface area contributed by atoms with Crippen molar-refractivity contribution in [3.63, 3.8) is 0 Å². The van der Waals surface area contributed by atoms with Crippen molar-refractivity contribution in [1.82, 2.24) is 0 Å². The highest BCUT2D eigenvalue weighted by atomic mass is 16.7. The molecule has 2 aromatic carbocycles. The van der Waals surface area contributed by atoms with Gasteiger partial charge in [0, 0.05) is 11.1 Å². The van der Waals surface area contributed by atoms with Gasteiger partial charge in [0.05, 0.1) is 32.5 Å². The number of esters is 2. The fourth-order valence-corrected chi connectivity index (χ4v) is 3.21. The first-order valence-electron chi connectivity index (χ1n) is 8.20. The lowest BCUT2D eigenvalue weighted by molar-refractivity contribution is 0.0589. The van der Waals surface area contributed by atoms with Gasteiger partial charge >= 0.3 is 11.9 Å². The SMILES string of the molecule is COC(=O)c1ccc2c(c1-c1c(C(=O)OC)cc(OC)c3c1OCO3)OCO2. The maximum absolute atomic E-state index is 12.6. The van der Waals surface area contributed by atoms with E-state index < -0.39 is 11.9 Å². The molecule has 0 spiro atoms. The lowest BCUT2D eigenvalue weighted by atomic mass is 9.92. The Morgan fingerprint density at radius 3 is 2.11 bits per heavy atom. The summed E-state index contributed by atoms with van der Waals surface area (Å²) in [4.78, 5) is 25.0. The van der Waals surface area contributed by atoms with E-state index in [0.29, 0.717) is 17.2 Å². The van der Waals surface area contributed by atoms with Gasteiger partial charge in [0.15, 0.2) is 23.0 Å². The van der Waals surface area contributed by atoms with Crippen molar-refractivity contribution in [2.75, 3.05) is 34.9 Å². The number of rotatable bonds is 4. The highest BCUT2D eigenvalue weighted by Gasteiger charge is 2.35. The second-order valence-electron chi connectivity index (χ2n) is 5.77. The molecule has 0 saturated heterocycles. The van der Waals surface area contributed by atoms with Gasteiger partial charge < -0.3 is 33.2 Å². The summed E-state index contributed by atoms with van der Waals surface area (Å²) in [5.74, 6) is 0.261. The maximum Gasteiger partial charge on any atom is 0.338 e. The molecule has 9 nitrogen and oxygen atoms in total. The Morgan fingerprint density at radius 2 is 1.39 bits per heavy atom. The number of carbonyl (C=O) groups excluding carboxylic acids is 2. The van der Waals surface area contributed by atoms with Crippen molar-refractivity contribution in [3.05, 3.63) is 29.3 Å². The number of methoxy groups -OCH3 is 3. The first kappa shape index (κ1) is 17.8. The molecule has 0 bridgehead atoms. The minimum absolute atomic E-state index is 0.0315. The molecule has 4 rings (SSSR count). The summed E-state index contributed by atoms with van der Waals surface area (Å²) in [5, 5.41) is 0. The summed E-state index contributed by atoms with van der Waals surface area (Å²) in [6.07, 6.45) is 0. The molecule has 2 heterocycles. The molecule has 0 atom stereocenters. The van der Waals surface area contributed by atoms with E-state index in [9.17, 15) is 9.59 Å². The summed E-state index contributed by atoms with van der Waals surface area (Å²) >= 11 is 0. The van der Waals surface area contributed by atoms with E-state index in [0.717, 1.165) is 0 Å². The van der Waals surface area contributed by atoms with Crippen molar-refractivity contribution in [2.24, 2.45) is 0 Å². The quantitative estimate of drug-likeness (QED) is 0.731. The van der Waals surface area contributed by atoms with Crippen LogP contribution in [0.15, 0.2) is 18.2 Å². The molecular formula is C19H16O9. The van der Waals surface area contributed by atoms with E-state index in [1.54, 1.807) is 6.07 Å². The molecule has 0 aliphatic carbocycles. The Bertz CT molecular complexity index is 980. The van der Waals surface area contributed by atoms with Crippen LogP contribution in [0.25, 0.3) is 11.1 Å². The van der Waals surface area contributed by atoms with Crippen LogP contribution in [0.5, 0.6) is 28.7 Å². The third-order valence-electron chi connectivity index (χ3n) is 4.43. The van der Waals surface area contributed by atoms with Crippen molar-refractivity contribution in [1.29, 1.82) is 0 Å². The standard InChI is InChI=1S/C19H16O9/c1-22-12-6-10(19(21)24-3)14(17-16(12)27-8-28-17)13-9(18(20)23-2)4-5-11-15(13)26-7-25-11/h4-6H,7-8H2,1-3H3. The molecule has 146 valence electrons. The van der Waals surface area contributed by atoms with Gasteiger partial charge in [-0.25, -0.2) is 9.59 Å². The third-order valence-corrected chi connectivity index (χ3v) is 4.43. The molecule has 0 N–H and O–H groups in total. The summed E-state index contributed by atoms with van der Waals surface area (Å²) in [6.45, 7) is -0.112. The Hall–Kier alpha value is -3.62. The number of hydrogen-bond donors (Lipinski definition) is 0. The second kappa shape index (κ2) is 6.84. The van der Waals surface area contributed by atoms with E-state index in [1.807, 2.05) is 0 Å². The number of ether oxygens (including phenoxy) is 7. The Morgan fingerprint density at radius 1 is 0.786 bits per heavy atom. The average molecular weight is 388 g/mol. The highest BCUT2D eigenvalue weighted by molar-refractivity contribution is 6.08. The van der Waals surface area contributed by atoms with Crippen LogP contribution in [0.2, 0.25) is 0 Å². The van der Waals surface area contributed by atoms with Gasteiger partial charge in [-0.15, -0.1) is 0 Å². The molecule has 2 aliphatic rings. The number of carbonyl (C=O) groups is 2. The zero-order valence-electron chi connectivity index (χ0n) is 15.3. The molecule has 2 aromatic rings. The van der Waals surface area contributed by atoms with E-state index >= 15 is 0 Å². The Labute approximate surface area is 159 Å². The van der Waals surface area contributed by atoms with Gasteiger partial charge in [-0.05, 0) is 18.2 Å². The predicted molar refractivity (Wildman–Crippen MR) is 93.4 cm³/mol. The molecular weight excluding hydrogens is 372 g/mol. The summed E-state index contributed by atoms with van der Waals surface area (Å²) in [5.41, 5.74) is 0.826. The molecule has 2 aliphatic heterocycles. The number of benzene rings is 2. The Balaban J connectivity index is 2.11. The zero-order chi connectivity index (χ0) is 19.8. The lowest BCUT2D eigenvalue weighted by Gasteiger charge is -2.17. The first-order valence-corrected chi connectivity index (χ1v) is 8.20. The minimum Gasteiger partial charge on any atom is -0.493 e. The van der Waals surface area contributed by atoms with Crippen LogP contribution in [0.1, 0.15) is 20.7 Å². The average Bonchev–Trinajstić information content (AvgIpc) is 3.40. The molecule has 9 heteroatoms. The normalized spacial score (nSPS) is 13.2. The molecule has 0 fully saturated rings. The van der Waals surface area contributed by atoms with Crippen LogP contribution < -0.4 is 23.7 Å². The fraction of sp³-hybridized carbons (Fsp3) is 0.263. The second-order valence-corrected chi connectivity index (χ2v) is 5.77. The van der Waals surface area contributed by atoms with Crippen LogP contribution in [-0.4, -0.2) is 46.9 Å². The summed E-state index contributed by atoms with van der Waals surface area (Å²) < 4.78 is 37.3. The smallest absolute Gasteiger partial charge is 0.338 e. The van der Waals surface area contributed by atoms with Gasteiger partial charge in [0.2, 0.25) is 19.3 Å². The van der Waals surface area contributed by atoms with Crippen molar-refractivity contribution >= 4 is 11.9 Å². The Kier molecular flexibility index (Phi) is 4.34. The molecule has 0 saturated carbocycles. The monoisotopic (exact) mass is 388 g/mol. The third kappa shape index (κ3) is 2.55. The van der Waals surface area contributed by atoms with Gasteiger partial charge in [0.1, 0.15) is 0 Å². The number of fused-ring (bicyclic) bond motifs is 2. The first-order chi connectivity index (χ1) is 13.6. The maximum atomic E-state index is 12.6. The molecule has 0 aromatic heterocycles. The largest absolute Gasteiger partial charge is 0.493 e. The van der Waals surface area contributed by atoms with Crippen LogP contribution in [0.4, 0.5) is 0 Å². The van der Waals surface area contributed by atoms with E-state index in [2.05, 4.69) is 0 Å². The predicted octanol–water partition coefficient (Wildman–Crippen LogP) is 2.39. The molecule has 28 heavy (non-hydrogen) atoms. The van der Waals surface area contributed by atoms with E-state index in [1.165, 1.54) is 33.5 Å². The van der Waals surface area contributed by atoms with Crippen LogP contribution in [0, 0.1) is 0 Å². The van der Waals surface area contributed by atoms with Crippen molar-refractivity contribution in [3.8, 4) is 39.9 Å². The molecule has 0 radical (unpaired) electrons. The van der Waals surface area contributed by atoms with E-state index in [4.69, 9.17) is 33.2 Å². The fourth-order valence-electron chi connectivity index (χ4n) is 3.21. The summed E-state index contributed by atoms with van der Waals surface area (Å²) in [6, 6.07) is 4.59. The summed E-state index contributed by atoms with van der Waals surface area (Å²) in [7, 11) is 3.95. The van der Waals surface area contributed by atoms with Gasteiger partial charge in [-0.2, -0.15) is 0 Å². The molecule has 0 unspecified atom stereocenters. The van der Waals surface area contributed by atoms with Gasteiger partial charge in [-0.1, -0.05) is 0 Å². The van der Waals surface area contributed by atoms with Gasteiger partial charge in [-0.3, -0.25) is 0 Å². The van der Waals surface area contributed by atoms with E-state index in [-0.39, 0.29) is 47.3 Å². The highest BCUT2D eigenvalue weighted by Crippen LogP contribution is 2.54. The minimum atomic E-state index is -0.654. The van der Waals surface area contributed by atoms with Gasteiger partial charge in [0.25, 0.3) is 0 Å².